The van der Waals surface area contributed by atoms with Gasteiger partial charge in [0.05, 0.1) is 4.90 Å². The number of sulfonamides is 2. The molecule has 2 heterocycles. The fourth-order valence-corrected chi connectivity index (χ4v) is 5.92. The van der Waals surface area contributed by atoms with E-state index < -0.39 is 26.1 Å². The predicted octanol–water partition coefficient (Wildman–Crippen LogP) is 1.49. The summed E-state index contributed by atoms with van der Waals surface area (Å²) in [7, 11) is -4.55. The fourth-order valence-electron chi connectivity index (χ4n) is 3.76. The van der Waals surface area contributed by atoms with Crippen LogP contribution in [-0.4, -0.2) is 64.5 Å². The van der Waals surface area contributed by atoms with Gasteiger partial charge in [-0.25, -0.2) is 12.7 Å². The maximum atomic E-state index is 13.0. The second kappa shape index (κ2) is 7.74. The Labute approximate surface area is 181 Å². The summed E-state index contributed by atoms with van der Waals surface area (Å²) in [6.45, 7) is 0.496. The molecule has 0 bridgehead atoms. The van der Waals surface area contributed by atoms with Crippen LogP contribution in [0.15, 0.2) is 62.7 Å². The van der Waals surface area contributed by atoms with Crippen molar-refractivity contribution in [3.05, 3.63) is 54.1 Å². The molecule has 0 unspecified atom stereocenters. The topological polar surface area (TPSA) is 116 Å². The lowest BCUT2D eigenvalue weighted by Crippen LogP contribution is -2.43. The lowest BCUT2D eigenvalue weighted by atomic mass is 10.1. The molecule has 164 valence electrons. The highest BCUT2D eigenvalue weighted by molar-refractivity contribution is 7.90. The molecule has 1 saturated heterocycles. The Kier molecular flexibility index (Phi) is 5.36. The zero-order valence-electron chi connectivity index (χ0n) is 17.0. The van der Waals surface area contributed by atoms with Gasteiger partial charge in [0.1, 0.15) is 10.9 Å². The monoisotopic (exact) mass is 462 g/mol. The summed E-state index contributed by atoms with van der Waals surface area (Å²) in [5.41, 5.74) is 0.836. The van der Waals surface area contributed by atoms with E-state index in [9.17, 15) is 21.6 Å². The first-order valence-electron chi connectivity index (χ1n) is 9.66. The summed E-state index contributed by atoms with van der Waals surface area (Å²) >= 11 is 0. The van der Waals surface area contributed by atoms with Gasteiger partial charge in [-0.15, -0.1) is 4.40 Å². The Balaban J connectivity index is 1.59. The molecule has 0 aromatic heterocycles. The molecule has 0 spiro atoms. The van der Waals surface area contributed by atoms with Gasteiger partial charge in [-0.2, -0.15) is 8.42 Å². The smallest absolute Gasteiger partial charge is 0.285 e. The normalized spacial score (nSPS) is 19.9. The fraction of sp³-hybridized carbons (Fsp3) is 0.300. The van der Waals surface area contributed by atoms with Gasteiger partial charge in [0.25, 0.3) is 10.0 Å². The van der Waals surface area contributed by atoms with Crippen LogP contribution in [0, 0.1) is 0 Å². The molecule has 11 heteroatoms. The molecule has 2 aliphatic heterocycles. The van der Waals surface area contributed by atoms with Crippen LogP contribution in [0.3, 0.4) is 0 Å². The number of amides is 1. The van der Waals surface area contributed by atoms with Crippen molar-refractivity contribution in [3.8, 4) is 0 Å². The zero-order valence-corrected chi connectivity index (χ0v) is 18.6. The van der Waals surface area contributed by atoms with E-state index in [1.54, 1.807) is 35.2 Å². The van der Waals surface area contributed by atoms with Crippen LogP contribution in [-0.2, 0) is 24.8 Å². The molecule has 2 aromatic rings. The van der Waals surface area contributed by atoms with E-state index in [1.165, 1.54) is 32.3 Å². The van der Waals surface area contributed by atoms with E-state index in [-0.39, 0.29) is 21.5 Å². The largest absolute Gasteiger partial charge is 0.343 e. The number of benzene rings is 2. The minimum Gasteiger partial charge on any atom is -0.343 e. The highest BCUT2D eigenvalue weighted by atomic mass is 32.2. The number of rotatable bonds is 4. The van der Waals surface area contributed by atoms with Crippen molar-refractivity contribution in [3.63, 3.8) is 0 Å². The van der Waals surface area contributed by atoms with Gasteiger partial charge in [-0.1, -0.05) is 18.2 Å². The molecular formula is C20H22N4O5S2. The third kappa shape index (κ3) is 3.84. The van der Waals surface area contributed by atoms with Crippen molar-refractivity contribution in [1.82, 2.24) is 9.21 Å². The van der Waals surface area contributed by atoms with Gasteiger partial charge in [-0.05, 0) is 43.2 Å². The maximum Gasteiger partial charge on any atom is 0.285 e. The molecule has 2 aromatic carbocycles. The molecule has 31 heavy (non-hydrogen) atoms. The summed E-state index contributed by atoms with van der Waals surface area (Å²) < 4.78 is 54.5. The third-order valence-electron chi connectivity index (χ3n) is 5.32. The Bertz CT molecular complexity index is 1290. The third-order valence-corrected chi connectivity index (χ3v) is 8.46. The van der Waals surface area contributed by atoms with Crippen LogP contribution in [0.2, 0.25) is 0 Å². The molecule has 0 aliphatic carbocycles. The molecule has 4 rings (SSSR count). The first kappa shape index (κ1) is 21.5. The summed E-state index contributed by atoms with van der Waals surface area (Å²) in [6, 6.07) is 12.0. The average molecular weight is 463 g/mol. The van der Waals surface area contributed by atoms with Gasteiger partial charge < -0.3 is 10.2 Å². The van der Waals surface area contributed by atoms with Crippen molar-refractivity contribution in [2.75, 3.05) is 26.0 Å². The molecule has 0 radical (unpaired) electrons. The Morgan fingerprint density at radius 2 is 1.90 bits per heavy atom. The van der Waals surface area contributed by atoms with Crippen molar-refractivity contribution in [1.29, 1.82) is 0 Å². The van der Waals surface area contributed by atoms with Crippen molar-refractivity contribution in [2.45, 2.75) is 28.7 Å². The summed E-state index contributed by atoms with van der Waals surface area (Å²) in [6.07, 6.45) is 1.23. The van der Waals surface area contributed by atoms with Gasteiger partial charge in [0.2, 0.25) is 15.9 Å². The van der Waals surface area contributed by atoms with Crippen LogP contribution < -0.4 is 5.32 Å². The molecule has 1 amide bonds. The number of carbonyl (C=O) groups excluding carboxylic acids is 1. The number of carbonyl (C=O) groups is 1. The minimum atomic E-state index is -3.79. The zero-order chi connectivity index (χ0) is 22.4. The molecular weight excluding hydrogens is 440 g/mol. The molecule has 2 aliphatic rings. The first-order chi connectivity index (χ1) is 14.6. The van der Waals surface area contributed by atoms with Crippen LogP contribution in [0.1, 0.15) is 18.4 Å². The number of nitrogens with zero attached hydrogens (tertiary/aromatic N) is 3. The summed E-state index contributed by atoms with van der Waals surface area (Å²) in [4.78, 5) is 14.9. The minimum absolute atomic E-state index is 0.0683. The number of anilines is 1. The number of hydrogen-bond acceptors (Lipinski definition) is 6. The Morgan fingerprint density at radius 3 is 2.65 bits per heavy atom. The maximum absolute atomic E-state index is 13.0. The Morgan fingerprint density at radius 1 is 1.16 bits per heavy atom. The van der Waals surface area contributed by atoms with Crippen molar-refractivity contribution >= 4 is 37.5 Å². The van der Waals surface area contributed by atoms with Crippen LogP contribution >= 0.6 is 0 Å². The number of amidine groups is 1. The standard InChI is InChI=1S/C20H22N4O5S2/c1-23(2)31(28,29)15-8-5-7-14(13-15)21-20(25)17-10-6-12-24(17)19-16-9-3-4-11-18(16)30(26,27)22-19/h3-5,7-9,11,13,17H,6,10,12H2,1-2H3,(H,21,25)/t17-/m0/s1. The van der Waals surface area contributed by atoms with Crippen LogP contribution in [0.25, 0.3) is 0 Å². The summed E-state index contributed by atoms with van der Waals surface area (Å²) in [5, 5.41) is 2.77. The molecule has 9 nitrogen and oxygen atoms in total. The van der Waals surface area contributed by atoms with Crippen molar-refractivity contribution < 1.29 is 21.6 Å². The van der Waals surface area contributed by atoms with E-state index in [0.29, 0.717) is 30.6 Å². The van der Waals surface area contributed by atoms with Gasteiger partial charge in [0.15, 0.2) is 5.84 Å². The van der Waals surface area contributed by atoms with E-state index in [1.807, 2.05) is 0 Å². The van der Waals surface area contributed by atoms with E-state index in [2.05, 4.69) is 9.71 Å². The Hall–Kier alpha value is -2.76. The van der Waals surface area contributed by atoms with Crippen LogP contribution in [0.5, 0.6) is 0 Å². The second-order valence-electron chi connectivity index (χ2n) is 7.54. The lowest BCUT2D eigenvalue weighted by Gasteiger charge is -2.25. The first-order valence-corrected chi connectivity index (χ1v) is 12.5. The highest BCUT2D eigenvalue weighted by Crippen LogP contribution is 2.31. The number of hydrogen-bond donors (Lipinski definition) is 1. The predicted molar refractivity (Wildman–Crippen MR) is 116 cm³/mol. The average Bonchev–Trinajstić information content (AvgIpc) is 3.31. The van der Waals surface area contributed by atoms with Crippen LogP contribution in [0.4, 0.5) is 5.69 Å². The number of fused-ring (bicyclic) bond motifs is 1. The van der Waals surface area contributed by atoms with Gasteiger partial charge >= 0.3 is 0 Å². The molecule has 1 atom stereocenters. The molecule has 1 N–H and O–H groups in total. The number of likely N-dealkylation sites (tertiary alicyclic amines) is 1. The second-order valence-corrected chi connectivity index (χ2v) is 11.3. The van der Waals surface area contributed by atoms with Gasteiger partial charge in [-0.3, -0.25) is 4.79 Å². The van der Waals surface area contributed by atoms with Crippen molar-refractivity contribution in [2.24, 2.45) is 4.40 Å². The summed E-state index contributed by atoms with van der Waals surface area (Å²) in [5.74, 6) is -0.0708. The van der Waals surface area contributed by atoms with E-state index >= 15 is 0 Å². The molecule has 1 fully saturated rings. The SMILES string of the molecule is CN(C)S(=O)(=O)c1cccc(NC(=O)[C@@H]2CCCN2C2=NS(=O)(=O)c3ccccc32)c1. The lowest BCUT2D eigenvalue weighted by molar-refractivity contribution is -0.119. The number of nitrogens with one attached hydrogen (secondary N) is 1. The van der Waals surface area contributed by atoms with E-state index in [0.717, 1.165) is 4.31 Å². The highest BCUT2D eigenvalue weighted by Gasteiger charge is 2.39. The van der Waals surface area contributed by atoms with Gasteiger partial charge in [0, 0.05) is 31.9 Å². The van der Waals surface area contributed by atoms with E-state index in [4.69, 9.17) is 0 Å². The molecule has 0 saturated carbocycles. The quantitative estimate of drug-likeness (QED) is 0.736.